The minimum absolute atomic E-state index is 0.136. The van der Waals surface area contributed by atoms with E-state index in [1.54, 1.807) is 37.3 Å². The van der Waals surface area contributed by atoms with Crippen LogP contribution in [0, 0.1) is 6.92 Å². The third kappa shape index (κ3) is 8.05. The molecule has 5 nitrogen and oxygen atoms in total. The molecule has 0 unspecified atom stereocenters. The van der Waals surface area contributed by atoms with Crippen molar-refractivity contribution < 1.29 is 23.8 Å². The second kappa shape index (κ2) is 13.2. The van der Waals surface area contributed by atoms with Crippen LogP contribution >= 0.6 is 23.4 Å². The summed E-state index contributed by atoms with van der Waals surface area (Å²) in [6.45, 7) is 6.55. The van der Waals surface area contributed by atoms with E-state index < -0.39 is 0 Å². The Morgan fingerprint density at radius 3 is 2.51 bits per heavy atom. The predicted octanol–water partition coefficient (Wildman–Crippen LogP) is 6.77. The minimum atomic E-state index is -0.222. The maximum Gasteiger partial charge on any atom is 0.316 e. The number of hydrogen-bond acceptors (Lipinski definition) is 6. The summed E-state index contributed by atoms with van der Waals surface area (Å²) in [5, 5.41) is 0.479. The summed E-state index contributed by atoms with van der Waals surface area (Å²) >= 11 is 7.61. The van der Waals surface area contributed by atoms with Gasteiger partial charge in [-0.15, -0.1) is 11.8 Å². The molecule has 0 amide bonds. The minimum Gasteiger partial charge on any atom is -0.493 e. The van der Waals surface area contributed by atoms with E-state index in [4.69, 9.17) is 25.8 Å². The first-order chi connectivity index (χ1) is 16.9. The highest BCUT2D eigenvalue weighted by atomic mass is 35.5. The quantitative estimate of drug-likeness (QED) is 0.151. The Labute approximate surface area is 215 Å². The Morgan fingerprint density at radius 1 is 1.03 bits per heavy atom. The third-order valence-corrected chi connectivity index (χ3v) is 6.52. The van der Waals surface area contributed by atoms with Crippen LogP contribution in [-0.4, -0.2) is 36.8 Å². The number of aryl methyl sites for hydroxylation is 1. The lowest BCUT2D eigenvalue weighted by molar-refractivity contribution is -0.139. The number of halogens is 1. The van der Waals surface area contributed by atoms with E-state index in [-0.39, 0.29) is 23.6 Å². The number of ketones is 1. The molecule has 3 rings (SSSR count). The highest BCUT2D eigenvalue weighted by molar-refractivity contribution is 8.00. The van der Waals surface area contributed by atoms with Gasteiger partial charge in [0.1, 0.15) is 11.5 Å². The molecule has 3 aromatic carbocycles. The second-order valence-corrected chi connectivity index (χ2v) is 9.38. The van der Waals surface area contributed by atoms with Crippen LogP contribution < -0.4 is 9.47 Å². The molecule has 0 radical (unpaired) electrons. The molecule has 0 bridgehead atoms. The molecule has 3 aromatic rings. The van der Waals surface area contributed by atoms with Gasteiger partial charge in [-0.3, -0.25) is 9.59 Å². The molecule has 35 heavy (non-hydrogen) atoms. The number of rotatable bonds is 12. The largest absolute Gasteiger partial charge is 0.493 e. The van der Waals surface area contributed by atoms with Gasteiger partial charge in [-0.25, -0.2) is 0 Å². The first-order valence-corrected chi connectivity index (χ1v) is 12.8. The summed E-state index contributed by atoms with van der Waals surface area (Å²) in [7, 11) is 0. The van der Waals surface area contributed by atoms with Crippen molar-refractivity contribution in [1.82, 2.24) is 0 Å². The summed E-state index contributed by atoms with van der Waals surface area (Å²) in [4.78, 5) is 25.6. The molecule has 0 saturated carbocycles. The van der Waals surface area contributed by atoms with Crippen molar-refractivity contribution in [3.8, 4) is 11.5 Å². The van der Waals surface area contributed by atoms with E-state index in [1.165, 1.54) is 11.8 Å². The van der Waals surface area contributed by atoms with Gasteiger partial charge < -0.3 is 14.2 Å². The molecule has 0 fully saturated rings. The molecule has 0 aliphatic carbocycles. The fourth-order valence-corrected chi connectivity index (χ4v) is 4.34. The molecule has 0 aromatic heterocycles. The Hall–Kier alpha value is -2.96. The second-order valence-electron chi connectivity index (χ2n) is 7.92. The summed E-state index contributed by atoms with van der Waals surface area (Å²) in [5.74, 6) is 1.17. The van der Waals surface area contributed by atoms with Crippen LogP contribution in [0.1, 0.15) is 41.8 Å². The van der Waals surface area contributed by atoms with E-state index in [9.17, 15) is 9.59 Å². The van der Waals surface area contributed by atoms with Gasteiger partial charge in [-0.2, -0.15) is 0 Å². The Morgan fingerprint density at radius 2 is 1.80 bits per heavy atom. The van der Waals surface area contributed by atoms with Gasteiger partial charge in [0, 0.05) is 21.9 Å². The number of carbonyl (C=O) groups is 2. The average Bonchev–Trinajstić information content (AvgIpc) is 2.85. The van der Waals surface area contributed by atoms with E-state index >= 15 is 0 Å². The lowest BCUT2D eigenvalue weighted by Crippen LogP contribution is -2.17. The lowest BCUT2D eigenvalue weighted by atomic mass is 10.0. The highest BCUT2D eigenvalue weighted by Gasteiger charge is 2.17. The zero-order chi connectivity index (χ0) is 25.2. The molecule has 7 heteroatoms. The van der Waals surface area contributed by atoms with Gasteiger partial charge in [0.15, 0.2) is 5.78 Å². The SMILES string of the molecule is CCOC(=O)CSc1ccc(OCC[C@@H](C)Oc2ccc(Cl)cc2C(=O)c2ccccc2)cc1C. The zero-order valence-electron chi connectivity index (χ0n) is 20.1. The van der Waals surface area contributed by atoms with Crippen LogP contribution in [0.25, 0.3) is 0 Å². The van der Waals surface area contributed by atoms with Crippen molar-refractivity contribution in [2.75, 3.05) is 19.0 Å². The number of esters is 1. The number of carbonyl (C=O) groups excluding carboxylic acids is 2. The van der Waals surface area contributed by atoms with Crippen LogP contribution in [0.5, 0.6) is 11.5 Å². The molecule has 0 saturated heterocycles. The van der Waals surface area contributed by atoms with Crippen LogP contribution in [-0.2, 0) is 9.53 Å². The van der Waals surface area contributed by atoms with Crippen molar-refractivity contribution in [2.24, 2.45) is 0 Å². The molecule has 1 atom stereocenters. The van der Waals surface area contributed by atoms with Crippen molar-refractivity contribution in [1.29, 1.82) is 0 Å². The maximum absolute atomic E-state index is 13.0. The van der Waals surface area contributed by atoms with Crippen LogP contribution in [0.2, 0.25) is 5.02 Å². The molecule has 0 aliphatic heterocycles. The smallest absolute Gasteiger partial charge is 0.316 e. The van der Waals surface area contributed by atoms with E-state index in [0.29, 0.717) is 41.5 Å². The van der Waals surface area contributed by atoms with Crippen molar-refractivity contribution in [3.05, 3.63) is 88.4 Å². The summed E-state index contributed by atoms with van der Waals surface area (Å²) in [5.41, 5.74) is 2.05. The van der Waals surface area contributed by atoms with Crippen LogP contribution in [0.3, 0.4) is 0 Å². The zero-order valence-corrected chi connectivity index (χ0v) is 21.7. The van der Waals surface area contributed by atoms with Gasteiger partial charge in [-0.1, -0.05) is 41.9 Å². The molecule has 0 aliphatic rings. The highest BCUT2D eigenvalue weighted by Crippen LogP contribution is 2.28. The van der Waals surface area contributed by atoms with Crippen LogP contribution in [0.15, 0.2) is 71.6 Å². The first-order valence-electron chi connectivity index (χ1n) is 11.4. The summed E-state index contributed by atoms with van der Waals surface area (Å²) in [6, 6.07) is 19.9. The number of ether oxygens (including phenoxy) is 3. The Bertz CT molecular complexity index is 1150. The fourth-order valence-electron chi connectivity index (χ4n) is 3.36. The third-order valence-electron chi connectivity index (χ3n) is 5.14. The monoisotopic (exact) mass is 512 g/mol. The van der Waals surface area contributed by atoms with Gasteiger partial charge in [0.2, 0.25) is 0 Å². The fraction of sp³-hybridized carbons (Fsp3) is 0.286. The van der Waals surface area contributed by atoms with E-state index in [1.807, 2.05) is 50.2 Å². The topological polar surface area (TPSA) is 61.8 Å². The molecule has 0 heterocycles. The van der Waals surface area contributed by atoms with Gasteiger partial charge >= 0.3 is 5.97 Å². The molecular weight excluding hydrogens is 484 g/mol. The van der Waals surface area contributed by atoms with Crippen molar-refractivity contribution >= 4 is 35.1 Å². The van der Waals surface area contributed by atoms with E-state index in [2.05, 4.69) is 0 Å². The Balaban J connectivity index is 1.55. The predicted molar refractivity (Wildman–Crippen MR) is 140 cm³/mol. The average molecular weight is 513 g/mol. The van der Waals surface area contributed by atoms with E-state index in [0.717, 1.165) is 16.2 Å². The molecule has 0 spiro atoms. The van der Waals surface area contributed by atoms with Gasteiger partial charge in [0.05, 0.1) is 30.6 Å². The summed E-state index contributed by atoms with van der Waals surface area (Å²) < 4.78 is 17.0. The van der Waals surface area contributed by atoms with Gasteiger partial charge in [0.25, 0.3) is 0 Å². The molecule has 184 valence electrons. The van der Waals surface area contributed by atoms with Crippen LogP contribution in [0.4, 0.5) is 0 Å². The number of benzene rings is 3. The normalized spacial score (nSPS) is 11.5. The molecular formula is C28H29ClO5S. The van der Waals surface area contributed by atoms with Crippen molar-refractivity contribution in [3.63, 3.8) is 0 Å². The number of hydrogen-bond donors (Lipinski definition) is 0. The standard InChI is InChI=1S/C28H29ClO5S/c1-4-32-27(30)18-35-26-13-11-23(16-19(26)2)33-15-14-20(3)34-25-12-10-22(29)17-24(25)28(31)21-8-6-5-7-9-21/h5-13,16-17,20H,4,14-15,18H2,1-3H3/t20-/m1/s1. The maximum atomic E-state index is 13.0. The lowest BCUT2D eigenvalue weighted by Gasteiger charge is -2.18. The molecule has 0 N–H and O–H groups in total. The Kier molecular flexibility index (Phi) is 10.1. The first kappa shape index (κ1) is 26.6. The van der Waals surface area contributed by atoms with Crippen molar-refractivity contribution in [2.45, 2.75) is 38.2 Å². The van der Waals surface area contributed by atoms with Gasteiger partial charge in [-0.05, 0) is 62.7 Å². The summed E-state index contributed by atoms with van der Waals surface area (Å²) in [6.07, 6.45) is 0.444. The number of thioether (sulfide) groups is 1.